The number of rotatable bonds is 14. The van der Waals surface area contributed by atoms with Gasteiger partial charge in [-0.1, -0.05) is 73.9 Å². The molecule has 0 radical (unpaired) electrons. The van der Waals surface area contributed by atoms with Crippen LogP contribution in [0.3, 0.4) is 0 Å². The van der Waals surface area contributed by atoms with Crippen LogP contribution in [0.5, 0.6) is 0 Å². The second kappa shape index (κ2) is 15.8. The van der Waals surface area contributed by atoms with Gasteiger partial charge in [0, 0.05) is 48.2 Å². The monoisotopic (exact) mass is 749 g/mol. The molecule has 1 saturated carbocycles. The van der Waals surface area contributed by atoms with Gasteiger partial charge in [0.15, 0.2) is 17.3 Å². The smallest absolute Gasteiger partial charge is 0.350 e. The lowest BCUT2D eigenvalue weighted by molar-refractivity contribution is -0.150. The largest absolute Gasteiger partial charge is 0.463 e. The Labute approximate surface area is 323 Å². The number of likely N-dealkylation sites (N-methyl/N-ethyl adjacent to an activating group) is 1. The number of carbonyl (C=O) groups excluding carboxylic acids is 3. The Morgan fingerprint density at radius 3 is 2.65 bits per heavy atom. The Balaban J connectivity index is 1.20. The number of aromatic nitrogens is 1. The summed E-state index contributed by atoms with van der Waals surface area (Å²) in [5, 5.41) is 13.4. The molecule has 5 aliphatic rings. The van der Waals surface area contributed by atoms with Gasteiger partial charge in [0.05, 0.1) is 19.3 Å². The van der Waals surface area contributed by atoms with Crippen molar-refractivity contribution in [3.8, 4) is 0 Å². The zero-order valence-electron chi connectivity index (χ0n) is 32.5. The summed E-state index contributed by atoms with van der Waals surface area (Å²) in [5.74, 6) is -0.241. The van der Waals surface area contributed by atoms with Gasteiger partial charge in [-0.15, -0.1) is 0 Å². The van der Waals surface area contributed by atoms with Crippen molar-refractivity contribution in [2.75, 3.05) is 39.2 Å². The molecule has 12 heteroatoms. The fourth-order valence-corrected chi connectivity index (χ4v) is 9.65. The third kappa shape index (κ3) is 6.82. The van der Waals surface area contributed by atoms with E-state index in [9.17, 15) is 14.4 Å². The van der Waals surface area contributed by atoms with Crippen molar-refractivity contribution >= 4 is 29.3 Å². The van der Waals surface area contributed by atoms with Crippen LogP contribution in [0.25, 0.3) is 0 Å². The molecule has 292 valence electrons. The highest BCUT2D eigenvalue weighted by atomic mass is 16.7. The van der Waals surface area contributed by atoms with E-state index < -0.39 is 28.4 Å². The zero-order valence-corrected chi connectivity index (χ0v) is 32.5. The van der Waals surface area contributed by atoms with Gasteiger partial charge in [-0.3, -0.25) is 14.6 Å². The summed E-state index contributed by atoms with van der Waals surface area (Å²) < 4.78 is 12.4. The van der Waals surface area contributed by atoms with E-state index in [0.29, 0.717) is 18.5 Å². The minimum Gasteiger partial charge on any atom is -0.463 e. The molecule has 6 atom stereocenters. The number of nitrogens with zero attached hydrogens (tertiary/aromatic N) is 2. The summed E-state index contributed by atoms with van der Waals surface area (Å²) in [6, 6.07) is 10.4. The fourth-order valence-electron chi connectivity index (χ4n) is 9.65. The fraction of sp³-hybridized carbons (Fsp3) is 0.512. The number of Topliss-reactive ketones (excluding diaryl/α,β-unsaturated/α-hetero) is 2. The molecule has 55 heavy (non-hydrogen) atoms. The van der Waals surface area contributed by atoms with E-state index in [-0.39, 0.29) is 47.9 Å². The van der Waals surface area contributed by atoms with E-state index in [2.05, 4.69) is 63.3 Å². The molecule has 12 nitrogen and oxygen atoms in total. The lowest BCUT2D eigenvalue weighted by Gasteiger charge is -2.40. The van der Waals surface area contributed by atoms with Gasteiger partial charge in [-0.05, 0) is 81.8 Å². The number of hydrogen-bond acceptors (Lipinski definition) is 10. The number of nitrogens with one attached hydrogen (secondary N) is 4. The molecule has 0 bridgehead atoms. The summed E-state index contributed by atoms with van der Waals surface area (Å²) in [6.07, 6.45) is 17.1. The first-order chi connectivity index (χ1) is 26.6. The minimum absolute atomic E-state index is 0.0189. The normalized spacial score (nSPS) is 28.7. The number of aliphatic imine (C=N–C) groups is 1. The Morgan fingerprint density at radius 2 is 1.93 bits per heavy atom. The number of pyridine rings is 1. The van der Waals surface area contributed by atoms with Crippen LogP contribution in [0, 0.1) is 17.3 Å². The predicted octanol–water partition coefficient (Wildman–Crippen LogP) is 5.16. The lowest BCUT2D eigenvalue weighted by atomic mass is 9.68. The number of hydrogen-bond donors (Lipinski definition) is 5. The number of guanidine groups is 1. The Bertz CT molecular complexity index is 1930. The SMILES string of the molecule is CCN[C@@H]1C=C2C=CCC[C@H]2C[C@@H]1COC(=O)[C@]12O[C@@]1(C/C=C(\C)C1([C@@H](NC(N)=NC)c3ccnc(NCNC)c3)CCCC1)C(=O)c1ccccc1C2=O. The average Bonchev–Trinajstić information content (AvgIpc) is 3.68. The molecular formula is C43H55N7O5. The predicted molar refractivity (Wildman–Crippen MR) is 213 cm³/mol. The second-order valence-corrected chi connectivity index (χ2v) is 15.7. The van der Waals surface area contributed by atoms with E-state index in [1.54, 1.807) is 37.5 Å². The topological polar surface area (TPSA) is 172 Å². The Morgan fingerprint density at radius 1 is 1.16 bits per heavy atom. The standard InChI is InChI=1S/C43H55N7O5/c1-5-47-34-23-29-13-7-6-12-28(29)22-31(34)25-54-39(53)43-38(52)33-15-9-8-14-32(33)37(51)42(43,55-43)20-16-27(2)41(18-10-11-19-41)36(50-40(44)46-4)30-17-21-48-35(24-30)49-26-45-3/h7-9,13-17,21,23-24,28,31,34,36,45,47H,5-6,10-12,18-20,22,25-26H2,1-4H3,(H,48,49)(H3,44,46,50)/b27-16+/t28-,31+,34+,36-,42-,43-/m0/s1. The highest BCUT2D eigenvalue weighted by Crippen LogP contribution is 2.60. The highest BCUT2D eigenvalue weighted by molar-refractivity contribution is 6.32. The van der Waals surface area contributed by atoms with Crippen molar-refractivity contribution in [3.63, 3.8) is 0 Å². The van der Waals surface area contributed by atoms with Gasteiger partial charge in [0.25, 0.3) is 5.60 Å². The number of nitrogens with two attached hydrogens (primary N) is 1. The number of ether oxygens (including phenoxy) is 2. The van der Waals surface area contributed by atoms with Gasteiger partial charge >= 0.3 is 5.97 Å². The molecule has 2 aromatic rings. The van der Waals surface area contributed by atoms with Crippen molar-refractivity contribution in [2.45, 2.75) is 88.5 Å². The Hall–Kier alpha value is -4.65. The molecule has 4 aliphatic carbocycles. The number of fused-ring (bicyclic) bond motifs is 3. The first-order valence-electron chi connectivity index (χ1n) is 19.8. The third-order valence-electron chi connectivity index (χ3n) is 12.7. The molecule has 7 rings (SSSR count). The van der Waals surface area contributed by atoms with E-state index in [1.165, 1.54) is 5.57 Å². The summed E-state index contributed by atoms with van der Waals surface area (Å²) in [6.45, 7) is 5.56. The molecule has 2 heterocycles. The van der Waals surface area contributed by atoms with Crippen LogP contribution in [0.1, 0.15) is 97.5 Å². The summed E-state index contributed by atoms with van der Waals surface area (Å²) in [7, 11) is 3.51. The lowest BCUT2D eigenvalue weighted by Crippen LogP contribution is -2.51. The van der Waals surface area contributed by atoms with Crippen molar-refractivity contribution in [1.82, 2.24) is 20.9 Å². The summed E-state index contributed by atoms with van der Waals surface area (Å²) in [4.78, 5) is 52.1. The number of epoxide rings is 1. The van der Waals surface area contributed by atoms with Gasteiger partial charge in [0.1, 0.15) is 5.82 Å². The molecule has 0 spiro atoms. The van der Waals surface area contributed by atoms with Gasteiger partial charge in [-0.2, -0.15) is 0 Å². The van der Waals surface area contributed by atoms with Crippen LogP contribution in [0.4, 0.5) is 5.82 Å². The van der Waals surface area contributed by atoms with Crippen LogP contribution in [0.15, 0.2) is 83.0 Å². The van der Waals surface area contributed by atoms with E-state index in [0.717, 1.165) is 68.4 Å². The van der Waals surface area contributed by atoms with Crippen molar-refractivity contribution in [3.05, 3.63) is 94.7 Å². The molecule has 0 amide bonds. The molecule has 1 aromatic carbocycles. The molecule has 0 unspecified atom stereocenters. The van der Waals surface area contributed by atoms with Crippen molar-refractivity contribution < 1.29 is 23.9 Å². The number of esters is 1. The number of anilines is 1. The average molecular weight is 750 g/mol. The van der Waals surface area contributed by atoms with Gasteiger partial charge in [0.2, 0.25) is 5.78 Å². The number of carbonyl (C=O) groups is 3. The van der Waals surface area contributed by atoms with Crippen molar-refractivity contribution in [1.29, 1.82) is 0 Å². The highest BCUT2D eigenvalue weighted by Gasteiger charge is 2.85. The number of benzene rings is 1. The van der Waals surface area contributed by atoms with Crippen LogP contribution >= 0.6 is 0 Å². The first kappa shape index (κ1) is 38.6. The molecule has 1 aliphatic heterocycles. The quantitative estimate of drug-likeness (QED) is 0.0329. The maximum Gasteiger partial charge on any atom is 0.350 e. The minimum atomic E-state index is -2.05. The summed E-state index contributed by atoms with van der Waals surface area (Å²) >= 11 is 0. The zero-order chi connectivity index (χ0) is 38.8. The van der Waals surface area contributed by atoms with Crippen LogP contribution in [0.2, 0.25) is 0 Å². The Kier molecular flexibility index (Phi) is 11.1. The van der Waals surface area contributed by atoms with E-state index in [1.807, 2.05) is 25.3 Å². The van der Waals surface area contributed by atoms with Gasteiger partial charge in [-0.25, -0.2) is 9.78 Å². The molecule has 1 saturated heterocycles. The molecule has 6 N–H and O–H groups in total. The summed E-state index contributed by atoms with van der Waals surface area (Å²) in [5.41, 5.74) is 5.95. The second-order valence-electron chi connectivity index (χ2n) is 15.7. The molecular weight excluding hydrogens is 695 g/mol. The van der Waals surface area contributed by atoms with Gasteiger partial charge < -0.3 is 36.5 Å². The number of ketones is 2. The van der Waals surface area contributed by atoms with Crippen molar-refractivity contribution in [2.24, 2.45) is 28.0 Å². The number of allylic oxidation sites excluding steroid dienone is 3. The van der Waals surface area contributed by atoms with Crippen LogP contribution < -0.4 is 27.0 Å². The van der Waals surface area contributed by atoms with Crippen LogP contribution in [-0.4, -0.2) is 79.6 Å². The molecule has 2 fully saturated rings. The third-order valence-corrected chi connectivity index (χ3v) is 12.7. The molecule has 1 aromatic heterocycles. The van der Waals surface area contributed by atoms with Crippen LogP contribution in [-0.2, 0) is 14.3 Å². The maximum atomic E-state index is 14.5. The first-order valence-corrected chi connectivity index (χ1v) is 19.8. The van der Waals surface area contributed by atoms with E-state index >= 15 is 0 Å². The van der Waals surface area contributed by atoms with E-state index in [4.69, 9.17) is 15.2 Å². The maximum absolute atomic E-state index is 14.5.